The summed E-state index contributed by atoms with van der Waals surface area (Å²) in [5, 5.41) is 7.62. The third kappa shape index (κ3) is 10.5. The van der Waals surface area contributed by atoms with Crippen LogP contribution in [-0.2, 0) is 32.7 Å². The number of nitrogens with one attached hydrogen (secondary N) is 1. The predicted octanol–water partition coefficient (Wildman–Crippen LogP) is 0.605. The summed E-state index contributed by atoms with van der Waals surface area (Å²) in [6.45, 7) is 9.32. The van der Waals surface area contributed by atoms with E-state index in [1.165, 1.54) is 39.0 Å². The van der Waals surface area contributed by atoms with Crippen LogP contribution in [0.2, 0.25) is 0 Å². The van der Waals surface area contributed by atoms with Crippen molar-refractivity contribution in [2.24, 2.45) is 0 Å². The van der Waals surface area contributed by atoms with Gasteiger partial charge in [0.25, 0.3) is 0 Å². The Morgan fingerprint density at radius 3 is 2.35 bits per heavy atom. The SMILES string of the molecule is CN1CCCNCC1.CN1CCC[N-]CC1.[Y]. The molecular formula is C12H27N4Y-. The van der Waals surface area contributed by atoms with Gasteiger partial charge in [-0.05, 0) is 46.7 Å². The molecule has 0 bridgehead atoms. The first-order valence-corrected chi connectivity index (χ1v) is 6.50. The van der Waals surface area contributed by atoms with Gasteiger partial charge in [-0.1, -0.05) is 6.42 Å². The Hall–Kier alpha value is 0.944. The predicted molar refractivity (Wildman–Crippen MR) is 70.2 cm³/mol. The minimum atomic E-state index is 0. The largest absolute Gasteiger partial charge is 0.661 e. The van der Waals surface area contributed by atoms with E-state index in [0.717, 1.165) is 26.2 Å². The van der Waals surface area contributed by atoms with Crippen LogP contribution >= 0.6 is 0 Å². The standard InChI is InChI=1S/C6H14N2.C6H13N2.Y/c2*1-8-5-2-3-7-4-6-8;/h7H,2-6H2,1H3;2-6H2,1H3;/q;-1;. The van der Waals surface area contributed by atoms with E-state index in [2.05, 4.69) is 34.5 Å². The van der Waals surface area contributed by atoms with E-state index in [4.69, 9.17) is 0 Å². The van der Waals surface area contributed by atoms with E-state index < -0.39 is 0 Å². The molecule has 17 heavy (non-hydrogen) atoms. The van der Waals surface area contributed by atoms with Crippen molar-refractivity contribution < 1.29 is 32.7 Å². The molecule has 0 aromatic heterocycles. The molecule has 5 heteroatoms. The Balaban J connectivity index is 0.000000284. The van der Waals surface area contributed by atoms with Gasteiger partial charge in [-0.25, -0.2) is 0 Å². The molecule has 99 valence electrons. The van der Waals surface area contributed by atoms with Gasteiger partial charge in [-0.15, -0.1) is 13.1 Å². The zero-order valence-corrected chi connectivity index (χ0v) is 14.3. The minimum absolute atomic E-state index is 0. The Morgan fingerprint density at radius 2 is 1.53 bits per heavy atom. The van der Waals surface area contributed by atoms with Gasteiger partial charge in [-0.2, -0.15) is 0 Å². The van der Waals surface area contributed by atoms with Crippen LogP contribution in [0.5, 0.6) is 0 Å². The fraction of sp³-hybridized carbons (Fsp3) is 1.00. The van der Waals surface area contributed by atoms with Crippen molar-refractivity contribution in [2.75, 3.05) is 66.5 Å². The Labute approximate surface area is 132 Å². The van der Waals surface area contributed by atoms with Gasteiger partial charge in [-0.3, -0.25) is 0 Å². The molecule has 0 saturated carbocycles. The van der Waals surface area contributed by atoms with Gasteiger partial charge in [0.2, 0.25) is 0 Å². The third-order valence-corrected chi connectivity index (χ3v) is 3.06. The molecule has 0 unspecified atom stereocenters. The molecule has 1 N–H and O–H groups in total. The van der Waals surface area contributed by atoms with E-state index >= 15 is 0 Å². The van der Waals surface area contributed by atoms with Crippen LogP contribution in [0.15, 0.2) is 0 Å². The van der Waals surface area contributed by atoms with Crippen molar-refractivity contribution in [1.29, 1.82) is 0 Å². The maximum Gasteiger partial charge on any atom is 0.0104 e. The van der Waals surface area contributed by atoms with E-state index in [1.807, 2.05) is 0 Å². The fourth-order valence-electron chi connectivity index (χ4n) is 1.90. The van der Waals surface area contributed by atoms with E-state index in [-0.39, 0.29) is 32.7 Å². The van der Waals surface area contributed by atoms with Crippen molar-refractivity contribution in [1.82, 2.24) is 15.1 Å². The Morgan fingerprint density at radius 1 is 0.824 bits per heavy atom. The second kappa shape index (κ2) is 12.0. The second-order valence-corrected chi connectivity index (χ2v) is 4.73. The fourth-order valence-corrected chi connectivity index (χ4v) is 1.90. The first kappa shape index (κ1) is 17.9. The maximum absolute atomic E-state index is 4.28. The smallest absolute Gasteiger partial charge is 0.0104 e. The van der Waals surface area contributed by atoms with Gasteiger partial charge < -0.3 is 20.4 Å². The molecule has 2 heterocycles. The van der Waals surface area contributed by atoms with Crippen LogP contribution in [0.1, 0.15) is 12.8 Å². The van der Waals surface area contributed by atoms with Crippen molar-refractivity contribution in [3.63, 3.8) is 0 Å². The van der Waals surface area contributed by atoms with E-state index in [1.54, 1.807) is 0 Å². The quantitative estimate of drug-likeness (QED) is 0.711. The molecule has 0 amide bonds. The molecule has 0 spiro atoms. The monoisotopic (exact) mass is 316 g/mol. The molecule has 4 nitrogen and oxygen atoms in total. The summed E-state index contributed by atoms with van der Waals surface area (Å²) >= 11 is 0. The Kier molecular flexibility index (Phi) is 12.7. The van der Waals surface area contributed by atoms with Crippen LogP contribution in [0, 0.1) is 0 Å². The van der Waals surface area contributed by atoms with Gasteiger partial charge >= 0.3 is 0 Å². The van der Waals surface area contributed by atoms with Crippen molar-refractivity contribution in [3.05, 3.63) is 5.32 Å². The number of hydrogen-bond donors (Lipinski definition) is 1. The summed E-state index contributed by atoms with van der Waals surface area (Å²) in [5.41, 5.74) is 0. The van der Waals surface area contributed by atoms with Gasteiger partial charge in [0.15, 0.2) is 0 Å². The number of likely N-dealkylation sites (N-methyl/N-ethyl adjacent to an activating group) is 2. The van der Waals surface area contributed by atoms with Crippen molar-refractivity contribution in [2.45, 2.75) is 12.8 Å². The molecule has 2 saturated heterocycles. The first-order valence-electron chi connectivity index (χ1n) is 6.50. The van der Waals surface area contributed by atoms with Crippen molar-refractivity contribution in [3.8, 4) is 0 Å². The average Bonchev–Trinajstić information content (AvgIpc) is 2.64. The summed E-state index contributed by atoms with van der Waals surface area (Å²) in [6.07, 6.45) is 2.55. The zero-order valence-electron chi connectivity index (χ0n) is 11.5. The summed E-state index contributed by atoms with van der Waals surface area (Å²) in [5.74, 6) is 0. The van der Waals surface area contributed by atoms with E-state index in [0.29, 0.717) is 0 Å². The van der Waals surface area contributed by atoms with Gasteiger partial charge in [0.1, 0.15) is 0 Å². The number of hydrogen-bond acceptors (Lipinski definition) is 3. The summed E-state index contributed by atoms with van der Waals surface area (Å²) in [4.78, 5) is 4.69. The molecule has 1 radical (unpaired) electrons. The molecule has 0 aliphatic carbocycles. The topological polar surface area (TPSA) is 32.6 Å². The van der Waals surface area contributed by atoms with Crippen LogP contribution in [0.25, 0.3) is 5.32 Å². The number of nitrogens with zero attached hydrogens (tertiary/aromatic N) is 3. The third-order valence-electron chi connectivity index (χ3n) is 3.06. The van der Waals surface area contributed by atoms with Gasteiger partial charge in [0, 0.05) is 45.8 Å². The van der Waals surface area contributed by atoms with Crippen LogP contribution in [0.4, 0.5) is 0 Å². The second-order valence-electron chi connectivity index (χ2n) is 4.73. The molecule has 2 aliphatic rings. The normalized spacial score (nSPS) is 23.6. The zero-order chi connectivity index (χ0) is 11.6. The molecule has 0 atom stereocenters. The first-order chi connectivity index (χ1) is 7.79. The Bertz CT molecular complexity index is 135. The average molecular weight is 316 g/mol. The summed E-state index contributed by atoms with van der Waals surface area (Å²) in [6, 6.07) is 0. The molecule has 2 fully saturated rings. The van der Waals surface area contributed by atoms with Crippen LogP contribution < -0.4 is 5.32 Å². The van der Waals surface area contributed by atoms with E-state index in [9.17, 15) is 0 Å². The summed E-state index contributed by atoms with van der Waals surface area (Å²) in [7, 11) is 4.33. The molecule has 0 aromatic rings. The van der Waals surface area contributed by atoms with Gasteiger partial charge in [0.05, 0.1) is 0 Å². The number of rotatable bonds is 0. The van der Waals surface area contributed by atoms with Crippen LogP contribution in [-0.4, -0.2) is 76.3 Å². The molecule has 2 rings (SSSR count). The summed E-state index contributed by atoms with van der Waals surface area (Å²) < 4.78 is 0. The maximum atomic E-state index is 4.28. The van der Waals surface area contributed by atoms with Crippen LogP contribution in [0.3, 0.4) is 0 Å². The molecule has 2 aliphatic heterocycles. The van der Waals surface area contributed by atoms with Crippen molar-refractivity contribution >= 4 is 0 Å². The molecular weight excluding hydrogens is 289 g/mol. The molecule has 0 aromatic carbocycles. The minimum Gasteiger partial charge on any atom is -0.661 e.